The highest BCUT2D eigenvalue weighted by molar-refractivity contribution is 7.89. The lowest BCUT2D eigenvalue weighted by Gasteiger charge is -2.18. The Morgan fingerprint density at radius 2 is 1.63 bits per heavy atom. The number of nitrogens with zero attached hydrogens (tertiary/aromatic N) is 1. The third-order valence-corrected chi connectivity index (χ3v) is 6.28. The third kappa shape index (κ3) is 5.55. The van der Waals surface area contributed by atoms with Gasteiger partial charge in [0.1, 0.15) is 5.75 Å². The van der Waals surface area contributed by atoms with E-state index in [1.807, 2.05) is 37.3 Å². The van der Waals surface area contributed by atoms with Crippen molar-refractivity contribution in [2.45, 2.75) is 31.7 Å². The summed E-state index contributed by atoms with van der Waals surface area (Å²) in [6.07, 6.45) is 0. The number of ether oxygens (including phenoxy) is 1. The molecule has 146 valence electrons. The Kier molecular flexibility index (Phi) is 7.38. The molecule has 2 aromatic rings. The van der Waals surface area contributed by atoms with Crippen LogP contribution in [-0.4, -0.2) is 38.3 Å². The summed E-state index contributed by atoms with van der Waals surface area (Å²) >= 11 is 0. The highest BCUT2D eigenvalue weighted by Gasteiger charge is 2.21. The van der Waals surface area contributed by atoms with Crippen LogP contribution in [0.15, 0.2) is 59.5 Å². The average molecular weight is 391 g/mol. The fourth-order valence-electron chi connectivity index (χ4n) is 2.68. The van der Waals surface area contributed by atoms with Gasteiger partial charge < -0.3 is 10.1 Å². The normalized spacial score (nSPS) is 12.6. The predicted octanol–water partition coefficient (Wildman–Crippen LogP) is 2.97. The van der Waals surface area contributed by atoms with E-state index in [2.05, 4.69) is 5.32 Å². The predicted molar refractivity (Wildman–Crippen MR) is 105 cm³/mol. The number of carbonyl (C=O) groups is 1. The smallest absolute Gasteiger partial charge is 0.258 e. The number of rotatable bonds is 9. The zero-order valence-corrected chi connectivity index (χ0v) is 16.7. The molecule has 0 aliphatic rings. The number of carbonyl (C=O) groups excluding carboxylic acids is 1. The summed E-state index contributed by atoms with van der Waals surface area (Å²) in [4.78, 5) is 12.3. The summed E-state index contributed by atoms with van der Waals surface area (Å²) in [5, 5.41) is 2.87. The molecule has 2 aromatic carbocycles. The van der Waals surface area contributed by atoms with Crippen LogP contribution in [-0.2, 0) is 14.8 Å². The van der Waals surface area contributed by atoms with Gasteiger partial charge in [-0.05, 0) is 36.8 Å². The Bertz CT molecular complexity index is 832. The summed E-state index contributed by atoms with van der Waals surface area (Å²) < 4.78 is 31.8. The first-order chi connectivity index (χ1) is 12.9. The molecule has 1 N–H and O–H groups in total. The summed E-state index contributed by atoms with van der Waals surface area (Å²) in [5.41, 5.74) is 1.01. The van der Waals surface area contributed by atoms with Crippen molar-refractivity contribution in [2.24, 2.45) is 0 Å². The van der Waals surface area contributed by atoms with E-state index < -0.39 is 10.0 Å². The Morgan fingerprint density at radius 1 is 1.04 bits per heavy atom. The van der Waals surface area contributed by atoms with Gasteiger partial charge in [0.05, 0.1) is 10.9 Å². The number of sulfonamides is 1. The molecule has 1 atom stereocenters. The fourth-order valence-corrected chi connectivity index (χ4v) is 4.14. The van der Waals surface area contributed by atoms with E-state index in [1.54, 1.807) is 26.0 Å². The maximum Gasteiger partial charge on any atom is 0.258 e. The van der Waals surface area contributed by atoms with Crippen LogP contribution in [0.4, 0.5) is 0 Å². The Hall–Kier alpha value is -2.38. The molecule has 0 aromatic heterocycles. The molecule has 0 bridgehead atoms. The number of benzene rings is 2. The van der Waals surface area contributed by atoms with Gasteiger partial charge >= 0.3 is 0 Å². The van der Waals surface area contributed by atoms with E-state index in [-0.39, 0.29) is 23.5 Å². The standard InChI is InChI=1S/C20H26N2O4S/c1-4-22(5-2)27(24,25)19-13-11-18(12-14-19)26-15-20(23)21-16(3)17-9-7-6-8-10-17/h6-14,16H,4-5,15H2,1-3H3,(H,21,23)/t16-/m1/s1. The Morgan fingerprint density at radius 3 is 2.19 bits per heavy atom. The van der Waals surface area contributed by atoms with E-state index in [1.165, 1.54) is 16.4 Å². The van der Waals surface area contributed by atoms with E-state index in [9.17, 15) is 13.2 Å². The lowest BCUT2D eigenvalue weighted by molar-refractivity contribution is -0.123. The van der Waals surface area contributed by atoms with Crippen molar-refractivity contribution >= 4 is 15.9 Å². The fraction of sp³-hybridized carbons (Fsp3) is 0.350. The first-order valence-electron chi connectivity index (χ1n) is 8.95. The first-order valence-corrected chi connectivity index (χ1v) is 10.4. The topological polar surface area (TPSA) is 75.7 Å². The Labute approximate surface area is 161 Å². The number of amides is 1. The van der Waals surface area contributed by atoms with Crippen molar-refractivity contribution in [1.29, 1.82) is 0 Å². The second kappa shape index (κ2) is 9.53. The second-order valence-electron chi connectivity index (χ2n) is 6.05. The van der Waals surface area contributed by atoms with Crippen LogP contribution >= 0.6 is 0 Å². The summed E-state index contributed by atoms with van der Waals surface area (Å²) in [5.74, 6) is 0.196. The molecule has 6 nitrogen and oxygen atoms in total. The van der Waals surface area contributed by atoms with E-state index in [0.29, 0.717) is 18.8 Å². The third-order valence-electron chi connectivity index (χ3n) is 4.21. The van der Waals surface area contributed by atoms with Crippen molar-refractivity contribution in [1.82, 2.24) is 9.62 Å². The summed E-state index contributed by atoms with van der Waals surface area (Å²) in [6.45, 7) is 6.19. The maximum atomic E-state index is 12.4. The van der Waals surface area contributed by atoms with E-state index >= 15 is 0 Å². The monoisotopic (exact) mass is 390 g/mol. The van der Waals surface area contributed by atoms with Gasteiger partial charge in [-0.1, -0.05) is 44.2 Å². The van der Waals surface area contributed by atoms with Crippen molar-refractivity contribution in [3.63, 3.8) is 0 Å². The van der Waals surface area contributed by atoms with Crippen molar-refractivity contribution in [3.8, 4) is 5.75 Å². The second-order valence-corrected chi connectivity index (χ2v) is 7.99. The molecule has 2 rings (SSSR count). The van der Waals surface area contributed by atoms with Crippen LogP contribution < -0.4 is 10.1 Å². The average Bonchev–Trinajstić information content (AvgIpc) is 2.68. The molecule has 7 heteroatoms. The van der Waals surface area contributed by atoms with Gasteiger partial charge in [-0.15, -0.1) is 0 Å². The molecular formula is C20H26N2O4S. The van der Waals surface area contributed by atoms with E-state index in [4.69, 9.17) is 4.74 Å². The molecule has 0 unspecified atom stereocenters. The molecular weight excluding hydrogens is 364 g/mol. The van der Waals surface area contributed by atoms with Gasteiger partial charge in [0.2, 0.25) is 10.0 Å². The molecule has 0 spiro atoms. The molecule has 0 radical (unpaired) electrons. The van der Waals surface area contributed by atoms with Gasteiger partial charge in [0.25, 0.3) is 5.91 Å². The van der Waals surface area contributed by atoms with Crippen LogP contribution in [0.3, 0.4) is 0 Å². The molecule has 0 aliphatic carbocycles. The van der Waals surface area contributed by atoms with Crippen LogP contribution in [0, 0.1) is 0 Å². The van der Waals surface area contributed by atoms with Crippen molar-refractivity contribution in [2.75, 3.05) is 19.7 Å². The molecule has 0 saturated heterocycles. The minimum absolute atomic E-state index is 0.121. The quantitative estimate of drug-likeness (QED) is 0.714. The number of nitrogens with one attached hydrogen (secondary N) is 1. The van der Waals surface area contributed by atoms with Crippen molar-refractivity contribution < 1.29 is 17.9 Å². The zero-order chi connectivity index (χ0) is 19.9. The summed E-state index contributed by atoms with van der Waals surface area (Å²) in [6, 6.07) is 15.6. The van der Waals surface area contributed by atoms with E-state index in [0.717, 1.165) is 5.56 Å². The van der Waals surface area contributed by atoms with Crippen LogP contribution in [0.25, 0.3) is 0 Å². The molecule has 0 fully saturated rings. The molecule has 27 heavy (non-hydrogen) atoms. The SMILES string of the molecule is CCN(CC)S(=O)(=O)c1ccc(OCC(=O)N[C@H](C)c2ccccc2)cc1. The van der Waals surface area contributed by atoms with Gasteiger partial charge in [-0.3, -0.25) is 4.79 Å². The molecule has 0 aliphatic heterocycles. The first kappa shape index (κ1) is 20.9. The zero-order valence-electron chi connectivity index (χ0n) is 15.9. The summed E-state index contributed by atoms with van der Waals surface area (Å²) in [7, 11) is -3.50. The molecule has 0 saturated carbocycles. The van der Waals surface area contributed by atoms with Crippen LogP contribution in [0.2, 0.25) is 0 Å². The van der Waals surface area contributed by atoms with Crippen LogP contribution in [0.1, 0.15) is 32.4 Å². The molecule has 0 heterocycles. The highest BCUT2D eigenvalue weighted by atomic mass is 32.2. The number of hydrogen-bond donors (Lipinski definition) is 1. The van der Waals surface area contributed by atoms with Gasteiger partial charge in [-0.2, -0.15) is 4.31 Å². The minimum Gasteiger partial charge on any atom is -0.484 e. The van der Waals surface area contributed by atoms with Gasteiger partial charge in [-0.25, -0.2) is 8.42 Å². The lowest BCUT2D eigenvalue weighted by Crippen LogP contribution is -2.31. The number of hydrogen-bond acceptors (Lipinski definition) is 4. The lowest BCUT2D eigenvalue weighted by atomic mass is 10.1. The van der Waals surface area contributed by atoms with Crippen molar-refractivity contribution in [3.05, 3.63) is 60.2 Å². The molecule has 1 amide bonds. The maximum absolute atomic E-state index is 12.4. The Balaban J connectivity index is 1.92. The minimum atomic E-state index is -3.50. The highest BCUT2D eigenvalue weighted by Crippen LogP contribution is 2.19. The van der Waals surface area contributed by atoms with Gasteiger partial charge in [0.15, 0.2) is 6.61 Å². The van der Waals surface area contributed by atoms with Gasteiger partial charge in [0, 0.05) is 13.1 Å². The largest absolute Gasteiger partial charge is 0.484 e. The van der Waals surface area contributed by atoms with Crippen LogP contribution in [0.5, 0.6) is 5.75 Å².